The number of benzene rings is 1. The third kappa shape index (κ3) is 4.63. The average Bonchev–Trinajstić information content (AvgIpc) is 2.50. The van der Waals surface area contributed by atoms with E-state index >= 15 is 0 Å². The molecule has 1 aromatic rings. The molecule has 5 heteroatoms. The van der Waals surface area contributed by atoms with E-state index < -0.39 is 5.54 Å². The van der Waals surface area contributed by atoms with Crippen LogP contribution < -0.4 is 15.8 Å². The number of nitrogens with two attached hydrogens (primary N) is 1. The Bertz CT molecular complexity index is 453. The number of hydrogen-bond acceptors (Lipinski definition) is 4. The molecule has 1 saturated carbocycles. The monoisotopic (exact) mass is 292 g/mol. The summed E-state index contributed by atoms with van der Waals surface area (Å²) in [7, 11) is 0. The van der Waals surface area contributed by atoms with Crippen molar-refractivity contribution in [2.24, 2.45) is 0 Å². The highest BCUT2D eigenvalue weighted by Gasteiger charge is 2.32. The van der Waals surface area contributed by atoms with Crippen molar-refractivity contribution >= 4 is 11.6 Å². The fourth-order valence-corrected chi connectivity index (χ4v) is 2.74. The first kappa shape index (κ1) is 15.6. The number of anilines is 1. The maximum absolute atomic E-state index is 12.0. The molecule has 2 rings (SSSR count). The molecule has 0 aliphatic heterocycles. The lowest BCUT2D eigenvalue weighted by Crippen LogP contribution is -2.52. The zero-order valence-corrected chi connectivity index (χ0v) is 12.3. The van der Waals surface area contributed by atoms with Gasteiger partial charge in [0.15, 0.2) is 0 Å². The number of aliphatic hydroxyl groups excluding tert-OH is 1. The minimum absolute atomic E-state index is 0.0115. The largest absolute Gasteiger partial charge is 0.493 e. The van der Waals surface area contributed by atoms with Gasteiger partial charge in [0.05, 0.1) is 25.2 Å². The molecule has 0 unspecified atom stereocenters. The molecule has 0 aromatic heterocycles. The van der Waals surface area contributed by atoms with Crippen LogP contribution in [0, 0.1) is 0 Å². The molecule has 0 radical (unpaired) electrons. The van der Waals surface area contributed by atoms with Crippen molar-refractivity contribution in [1.82, 2.24) is 5.32 Å². The Balaban J connectivity index is 1.75. The molecule has 1 fully saturated rings. The van der Waals surface area contributed by atoms with Gasteiger partial charge < -0.3 is 20.9 Å². The lowest BCUT2D eigenvalue weighted by Gasteiger charge is -2.36. The molecular weight excluding hydrogens is 268 g/mol. The topological polar surface area (TPSA) is 84.6 Å². The average molecular weight is 292 g/mol. The molecule has 4 N–H and O–H groups in total. The molecule has 1 aromatic carbocycles. The number of rotatable bonds is 6. The van der Waals surface area contributed by atoms with Crippen LogP contribution in [0.1, 0.15) is 38.5 Å². The lowest BCUT2D eigenvalue weighted by molar-refractivity contribution is -0.124. The lowest BCUT2D eigenvalue weighted by atomic mass is 9.82. The maximum atomic E-state index is 12.0. The van der Waals surface area contributed by atoms with Crippen molar-refractivity contribution in [3.8, 4) is 5.75 Å². The second-order valence-corrected chi connectivity index (χ2v) is 5.71. The van der Waals surface area contributed by atoms with Gasteiger partial charge in [-0.1, -0.05) is 19.3 Å². The maximum Gasteiger partial charge on any atom is 0.223 e. The van der Waals surface area contributed by atoms with Crippen LogP contribution in [0.3, 0.4) is 0 Å². The normalized spacial score (nSPS) is 17.2. The third-order valence-electron chi connectivity index (χ3n) is 4.00. The van der Waals surface area contributed by atoms with Gasteiger partial charge >= 0.3 is 0 Å². The zero-order valence-electron chi connectivity index (χ0n) is 12.3. The Morgan fingerprint density at radius 2 is 1.90 bits per heavy atom. The molecule has 0 saturated heterocycles. The van der Waals surface area contributed by atoms with E-state index in [-0.39, 0.29) is 18.9 Å². The molecule has 0 heterocycles. The minimum atomic E-state index is -0.420. The summed E-state index contributed by atoms with van der Waals surface area (Å²) in [6, 6.07) is 7.09. The molecule has 21 heavy (non-hydrogen) atoms. The number of amides is 1. The first-order valence-electron chi connectivity index (χ1n) is 7.54. The van der Waals surface area contributed by atoms with Crippen LogP contribution in [-0.2, 0) is 4.79 Å². The van der Waals surface area contributed by atoms with E-state index in [4.69, 9.17) is 10.5 Å². The summed E-state index contributed by atoms with van der Waals surface area (Å²) in [5.41, 5.74) is 5.86. The summed E-state index contributed by atoms with van der Waals surface area (Å²) < 4.78 is 5.51. The Kier molecular flexibility index (Phi) is 5.44. The van der Waals surface area contributed by atoms with Crippen LogP contribution in [0.15, 0.2) is 24.3 Å². The molecule has 1 amide bonds. The van der Waals surface area contributed by atoms with Crippen molar-refractivity contribution in [2.45, 2.75) is 44.1 Å². The summed E-state index contributed by atoms with van der Waals surface area (Å²) in [5.74, 6) is 0.632. The molecule has 0 bridgehead atoms. The van der Waals surface area contributed by atoms with Crippen molar-refractivity contribution in [3.63, 3.8) is 0 Å². The number of hydrogen-bond donors (Lipinski definition) is 3. The van der Waals surface area contributed by atoms with E-state index in [0.29, 0.717) is 18.0 Å². The summed E-state index contributed by atoms with van der Waals surface area (Å²) >= 11 is 0. The van der Waals surface area contributed by atoms with Crippen molar-refractivity contribution in [3.05, 3.63) is 24.3 Å². The summed E-state index contributed by atoms with van der Waals surface area (Å²) in [5, 5.41) is 12.6. The number of aliphatic hydroxyl groups is 1. The van der Waals surface area contributed by atoms with Gasteiger partial charge in [-0.05, 0) is 37.1 Å². The number of nitrogen functional groups attached to an aromatic ring is 1. The summed E-state index contributed by atoms with van der Waals surface area (Å²) in [6.45, 7) is 0.328. The Morgan fingerprint density at radius 3 is 2.52 bits per heavy atom. The highest BCUT2D eigenvalue weighted by molar-refractivity contribution is 5.77. The van der Waals surface area contributed by atoms with Gasteiger partial charge in [0, 0.05) is 5.69 Å². The Morgan fingerprint density at radius 1 is 1.24 bits per heavy atom. The van der Waals surface area contributed by atoms with Crippen LogP contribution in [-0.4, -0.2) is 29.8 Å². The SMILES string of the molecule is Nc1ccc(OCCC(=O)NC2(CO)CCCCC2)cc1. The van der Waals surface area contributed by atoms with Gasteiger partial charge in [-0.15, -0.1) is 0 Å². The van der Waals surface area contributed by atoms with E-state index in [0.717, 1.165) is 25.7 Å². The highest BCUT2D eigenvalue weighted by atomic mass is 16.5. The quantitative estimate of drug-likeness (QED) is 0.699. The molecule has 5 nitrogen and oxygen atoms in total. The fraction of sp³-hybridized carbons (Fsp3) is 0.562. The second-order valence-electron chi connectivity index (χ2n) is 5.71. The second kappa shape index (κ2) is 7.31. The van der Waals surface area contributed by atoms with Crippen molar-refractivity contribution < 1.29 is 14.6 Å². The fourth-order valence-electron chi connectivity index (χ4n) is 2.74. The van der Waals surface area contributed by atoms with Gasteiger partial charge in [-0.2, -0.15) is 0 Å². The van der Waals surface area contributed by atoms with Gasteiger partial charge in [0.1, 0.15) is 5.75 Å². The van der Waals surface area contributed by atoms with E-state index in [1.807, 2.05) is 0 Å². The Hall–Kier alpha value is -1.75. The van der Waals surface area contributed by atoms with Crippen molar-refractivity contribution in [2.75, 3.05) is 18.9 Å². The van der Waals surface area contributed by atoms with Gasteiger partial charge in [-0.3, -0.25) is 4.79 Å². The first-order chi connectivity index (χ1) is 10.1. The van der Waals surface area contributed by atoms with E-state index in [1.165, 1.54) is 6.42 Å². The van der Waals surface area contributed by atoms with Crippen LogP contribution >= 0.6 is 0 Å². The van der Waals surface area contributed by atoms with Gasteiger partial charge in [-0.25, -0.2) is 0 Å². The number of carbonyl (C=O) groups is 1. The summed E-state index contributed by atoms with van der Waals surface area (Å²) in [6.07, 6.45) is 5.29. The van der Waals surface area contributed by atoms with Crippen LogP contribution in [0.5, 0.6) is 5.75 Å². The minimum Gasteiger partial charge on any atom is -0.493 e. The van der Waals surface area contributed by atoms with E-state index in [1.54, 1.807) is 24.3 Å². The van der Waals surface area contributed by atoms with Crippen LogP contribution in [0.2, 0.25) is 0 Å². The van der Waals surface area contributed by atoms with Crippen LogP contribution in [0.25, 0.3) is 0 Å². The molecule has 0 atom stereocenters. The van der Waals surface area contributed by atoms with E-state index in [9.17, 15) is 9.90 Å². The van der Waals surface area contributed by atoms with Crippen molar-refractivity contribution in [1.29, 1.82) is 0 Å². The molecular formula is C16H24N2O3. The zero-order chi connectivity index (χ0) is 15.1. The van der Waals surface area contributed by atoms with Crippen LogP contribution in [0.4, 0.5) is 5.69 Å². The molecule has 1 aliphatic carbocycles. The number of carbonyl (C=O) groups excluding carboxylic acids is 1. The summed E-state index contributed by atoms with van der Waals surface area (Å²) in [4.78, 5) is 12.0. The smallest absolute Gasteiger partial charge is 0.223 e. The van der Waals surface area contributed by atoms with Gasteiger partial charge in [0.25, 0.3) is 0 Å². The molecule has 1 aliphatic rings. The number of ether oxygens (including phenoxy) is 1. The first-order valence-corrected chi connectivity index (χ1v) is 7.54. The number of nitrogens with one attached hydrogen (secondary N) is 1. The third-order valence-corrected chi connectivity index (χ3v) is 4.00. The molecule has 116 valence electrons. The highest BCUT2D eigenvalue weighted by Crippen LogP contribution is 2.27. The van der Waals surface area contributed by atoms with Gasteiger partial charge in [0.2, 0.25) is 5.91 Å². The standard InChI is InChI=1S/C16H24N2O3/c17-13-4-6-14(7-5-13)21-11-8-15(20)18-16(12-19)9-2-1-3-10-16/h4-7,19H,1-3,8-12,17H2,(H,18,20). The van der Waals surface area contributed by atoms with E-state index in [2.05, 4.69) is 5.32 Å². The Labute approximate surface area is 125 Å². The predicted molar refractivity (Wildman–Crippen MR) is 82.0 cm³/mol. The predicted octanol–water partition coefficient (Wildman–Crippen LogP) is 1.85. The molecule has 0 spiro atoms.